The molecule has 2 aromatic rings. The van der Waals surface area contributed by atoms with Gasteiger partial charge in [0.25, 0.3) is 0 Å². The molecule has 5 heteroatoms. The highest BCUT2D eigenvalue weighted by molar-refractivity contribution is 5.79. The van der Waals surface area contributed by atoms with E-state index in [9.17, 15) is 4.79 Å². The van der Waals surface area contributed by atoms with Gasteiger partial charge in [-0.15, -0.1) is 0 Å². The van der Waals surface area contributed by atoms with Gasteiger partial charge in [-0.05, 0) is 30.7 Å². The van der Waals surface area contributed by atoms with Gasteiger partial charge in [0.15, 0.2) is 0 Å². The van der Waals surface area contributed by atoms with Crippen LogP contribution < -0.4 is 5.32 Å². The molecule has 1 aliphatic carbocycles. The van der Waals surface area contributed by atoms with Crippen LogP contribution in [-0.2, 0) is 18.3 Å². The lowest BCUT2D eigenvalue weighted by Gasteiger charge is -2.27. The number of amides is 1. The molecule has 1 N–H and O–H groups in total. The number of nitrogens with one attached hydrogen (secondary N) is 1. The Bertz CT molecular complexity index is 772. The summed E-state index contributed by atoms with van der Waals surface area (Å²) >= 11 is 0. The molecular formula is C22H30N4O. The number of aryl methyl sites for hydroxylation is 1. The van der Waals surface area contributed by atoms with E-state index in [1.807, 2.05) is 36.1 Å². The van der Waals surface area contributed by atoms with E-state index in [2.05, 4.69) is 40.7 Å². The Labute approximate surface area is 161 Å². The fourth-order valence-electron chi connectivity index (χ4n) is 4.99. The van der Waals surface area contributed by atoms with E-state index in [1.165, 1.54) is 24.8 Å². The predicted molar refractivity (Wildman–Crippen MR) is 106 cm³/mol. The third kappa shape index (κ3) is 3.93. The molecule has 1 aromatic heterocycles. The lowest BCUT2D eigenvalue weighted by atomic mass is 9.92. The molecule has 4 rings (SSSR count). The van der Waals surface area contributed by atoms with Crippen LogP contribution in [0.1, 0.15) is 42.9 Å². The molecule has 5 nitrogen and oxygen atoms in total. The maximum atomic E-state index is 12.3. The van der Waals surface area contributed by atoms with Gasteiger partial charge in [0.2, 0.25) is 5.91 Å². The average Bonchev–Trinajstić information content (AvgIpc) is 3.35. The van der Waals surface area contributed by atoms with E-state index >= 15 is 0 Å². The van der Waals surface area contributed by atoms with Crippen LogP contribution in [0.3, 0.4) is 0 Å². The van der Waals surface area contributed by atoms with Crippen molar-refractivity contribution in [2.24, 2.45) is 18.9 Å². The molecule has 1 aliphatic heterocycles. The Morgan fingerprint density at radius 2 is 1.96 bits per heavy atom. The number of rotatable bonds is 6. The molecule has 0 unspecified atom stereocenters. The molecule has 1 saturated carbocycles. The summed E-state index contributed by atoms with van der Waals surface area (Å²) in [5.74, 6) is 1.24. The third-order valence-electron chi connectivity index (χ3n) is 6.40. The maximum absolute atomic E-state index is 12.3. The van der Waals surface area contributed by atoms with Crippen molar-refractivity contribution in [3.05, 3.63) is 53.9 Å². The van der Waals surface area contributed by atoms with Crippen molar-refractivity contribution in [2.75, 3.05) is 13.6 Å². The van der Waals surface area contributed by atoms with Crippen molar-refractivity contribution < 1.29 is 4.79 Å². The summed E-state index contributed by atoms with van der Waals surface area (Å²) in [6, 6.07) is 11.5. The third-order valence-corrected chi connectivity index (χ3v) is 6.40. The second kappa shape index (κ2) is 7.85. The zero-order valence-corrected chi connectivity index (χ0v) is 16.3. The van der Waals surface area contributed by atoms with Crippen LogP contribution in [0.4, 0.5) is 0 Å². The maximum Gasteiger partial charge on any atom is 0.223 e. The lowest BCUT2D eigenvalue weighted by molar-refractivity contribution is -0.127. The number of hydrogen-bond donors (Lipinski definition) is 1. The highest BCUT2D eigenvalue weighted by Gasteiger charge is 2.39. The minimum Gasteiger partial charge on any atom is -0.338 e. The number of nitrogens with zero attached hydrogens (tertiary/aromatic N) is 3. The fraction of sp³-hybridized carbons (Fsp3) is 0.545. The Balaban J connectivity index is 1.40. The summed E-state index contributed by atoms with van der Waals surface area (Å²) in [7, 11) is 3.86. The smallest absolute Gasteiger partial charge is 0.223 e. The van der Waals surface area contributed by atoms with Crippen molar-refractivity contribution in [1.82, 2.24) is 20.0 Å². The molecule has 0 bridgehead atoms. The summed E-state index contributed by atoms with van der Waals surface area (Å²) in [4.78, 5) is 14.2. The molecule has 27 heavy (non-hydrogen) atoms. The number of hydrogen-bond acceptors (Lipinski definition) is 3. The first-order valence-electron chi connectivity index (χ1n) is 10.1. The summed E-state index contributed by atoms with van der Waals surface area (Å²) < 4.78 is 1.82. The topological polar surface area (TPSA) is 50.2 Å². The van der Waals surface area contributed by atoms with Gasteiger partial charge in [-0.1, -0.05) is 36.8 Å². The highest BCUT2D eigenvalue weighted by Crippen LogP contribution is 2.37. The number of benzene rings is 1. The highest BCUT2D eigenvalue weighted by atomic mass is 16.2. The predicted octanol–water partition coefficient (Wildman–Crippen LogP) is 2.94. The van der Waals surface area contributed by atoms with Crippen molar-refractivity contribution in [2.45, 2.75) is 44.2 Å². The molecule has 4 atom stereocenters. The summed E-state index contributed by atoms with van der Waals surface area (Å²) in [6.45, 7) is 0.894. The fourth-order valence-corrected chi connectivity index (χ4v) is 4.99. The van der Waals surface area contributed by atoms with Gasteiger partial charge in [-0.2, -0.15) is 5.10 Å². The average molecular weight is 367 g/mol. The van der Waals surface area contributed by atoms with E-state index in [4.69, 9.17) is 0 Å². The molecular weight excluding hydrogens is 336 g/mol. The summed E-state index contributed by atoms with van der Waals surface area (Å²) in [5.41, 5.74) is 2.57. The van der Waals surface area contributed by atoms with E-state index in [0.29, 0.717) is 24.3 Å². The van der Waals surface area contributed by atoms with Crippen LogP contribution in [0, 0.1) is 11.8 Å². The molecule has 2 aliphatic rings. The quantitative estimate of drug-likeness (QED) is 0.855. The first-order valence-corrected chi connectivity index (χ1v) is 10.1. The van der Waals surface area contributed by atoms with Crippen LogP contribution in [0.15, 0.2) is 42.7 Å². The summed E-state index contributed by atoms with van der Waals surface area (Å²) in [5, 5.41) is 8.15. The number of aromatic nitrogens is 2. The van der Waals surface area contributed by atoms with E-state index < -0.39 is 0 Å². The van der Waals surface area contributed by atoms with E-state index in [0.717, 1.165) is 18.5 Å². The molecule has 0 radical (unpaired) electrons. The number of likely N-dealkylation sites (tertiary alicyclic amines) is 1. The van der Waals surface area contributed by atoms with Gasteiger partial charge in [-0.3, -0.25) is 9.48 Å². The van der Waals surface area contributed by atoms with Gasteiger partial charge in [0, 0.05) is 50.8 Å². The van der Waals surface area contributed by atoms with Crippen molar-refractivity contribution >= 4 is 5.91 Å². The summed E-state index contributed by atoms with van der Waals surface area (Å²) in [6.07, 6.45) is 9.55. The van der Waals surface area contributed by atoms with Crippen molar-refractivity contribution in [1.29, 1.82) is 0 Å². The van der Waals surface area contributed by atoms with Gasteiger partial charge >= 0.3 is 0 Å². The number of carbonyl (C=O) groups is 1. The van der Waals surface area contributed by atoms with Gasteiger partial charge < -0.3 is 10.2 Å². The second-order valence-electron chi connectivity index (χ2n) is 8.26. The first kappa shape index (κ1) is 18.2. The van der Waals surface area contributed by atoms with E-state index in [-0.39, 0.29) is 11.9 Å². The largest absolute Gasteiger partial charge is 0.338 e. The zero-order valence-electron chi connectivity index (χ0n) is 16.3. The number of carbonyl (C=O) groups excluding carboxylic acids is 1. The molecule has 144 valence electrons. The second-order valence-corrected chi connectivity index (χ2v) is 8.26. The van der Waals surface area contributed by atoms with Gasteiger partial charge in [0.1, 0.15) is 0 Å². The zero-order chi connectivity index (χ0) is 18.8. The monoisotopic (exact) mass is 366 g/mol. The van der Waals surface area contributed by atoms with Crippen molar-refractivity contribution in [3.63, 3.8) is 0 Å². The van der Waals surface area contributed by atoms with Gasteiger partial charge in [-0.25, -0.2) is 0 Å². The van der Waals surface area contributed by atoms with Crippen LogP contribution in [0.2, 0.25) is 0 Å². The Morgan fingerprint density at radius 1 is 1.15 bits per heavy atom. The first-order chi connectivity index (χ1) is 13.1. The normalized spacial score (nSPS) is 28.2. The van der Waals surface area contributed by atoms with Crippen LogP contribution >= 0.6 is 0 Å². The Hall–Kier alpha value is -2.14. The SMILES string of the molecule is CN1C(=O)C[C@@H](CN[C@H]2CCC[C@@H]2Cc2ccccc2)[C@@H]1c1cnn(C)c1. The minimum absolute atomic E-state index is 0.132. The van der Waals surface area contributed by atoms with Crippen LogP contribution in [-0.4, -0.2) is 40.2 Å². The molecule has 1 aromatic carbocycles. The van der Waals surface area contributed by atoms with E-state index in [1.54, 1.807) is 0 Å². The molecule has 2 heterocycles. The standard InChI is InChI=1S/C22H30N4O/c1-25-15-19(14-24-25)22-18(12-21(27)26(22)2)13-23-20-10-6-9-17(20)11-16-7-4-3-5-8-16/h3-5,7-8,14-15,17-18,20,22-23H,6,9-13H2,1-2H3/t17-,18+,20+,22-/m1/s1. The molecule has 2 fully saturated rings. The molecule has 0 spiro atoms. The molecule has 1 saturated heterocycles. The molecule has 1 amide bonds. The van der Waals surface area contributed by atoms with Gasteiger partial charge in [0.05, 0.1) is 12.2 Å². The Kier molecular flexibility index (Phi) is 5.30. The minimum atomic E-state index is 0.132. The lowest BCUT2D eigenvalue weighted by Crippen LogP contribution is -2.38. The van der Waals surface area contributed by atoms with Crippen molar-refractivity contribution in [3.8, 4) is 0 Å². The van der Waals surface area contributed by atoms with Crippen LogP contribution in [0.5, 0.6) is 0 Å². The van der Waals surface area contributed by atoms with Crippen LogP contribution in [0.25, 0.3) is 0 Å². The Morgan fingerprint density at radius 3 is 2.70 bits per heavy atom.